The molecule has 0 bridgehead atoms. The Balaban J connectivity index is 0.00000334. The average Bonchev–Trinajstić information content (AvgIpc) is 2.87. The van der Waals surface area contributed by atoms with E-state index in [2.05, 4.69) is 79.3 Å². The first-order valence-electron chi connectivity index (χ1n) is 12.8. The third kappa shape index (κ3) is 10.8. The minimum Gasteiger partial charge on any atom is -0.331 e. The number of hydrogen-bond donors (Lipinski definition) is 2. The minimum atomic E-state index is -2.51. The van der Waals surface area contributed by atoms with Crippen LogP contribution in [0.3, 0.4) is 0 Å². The highest BCUT2D eigenvalue weighted by Crippen LogP contribution is 2.20. The molecule has 2 atom stereocenters. The molecule has 5 nitrogen and oxygen atoms in total. The molecule has 0 saturated heterocycles. The first-order chi connectivity index (χ1) is 17.7. The van der Waals surface area contributed by atoms with Gasteiger partial charge in [-0.2, -0.15) is 0 Å². The maximum Gasteiger partial charge on any atom is 0.319 e. The topological polar surface area (TPSA) is 61.4 Å². The van der Waals surface area contributed by atoms with Crippen molar-refractivity contribution in [3.05, 3.63) is 97.1 Å². The molecule has 2 amide bonds. The molecule has 2 N–H and O–H groups in total. The van der Waals surface area contributed by atoms with Crippen LogP contribution in [0.5, 0.6) is 0 Å². The summed E-state index contributed by atoms with van der Waals surface area (Å²) in [6.07, 6.45) is 5.93. The Hall–Kier alpha value is -3.09. The number of amides is 2. The number of carbonyl (C=O) groups is 1. The van der Waals surface area contributed by atoms with E-state index < -0.39 is 9.52 Å². The molecule has 2 rings (SSSR count). The highest BCUT2D eigenvalue weighted by atomic mass is 32.2. The van der Waals surface area contributed by atoms with Crippen LogP contribution in [0.2, 0.25) is 0 Å². The minimum absolute atomic E-state index is 0.150. The number of nitrogens with zero attached hydrogens (tertiary/aromatic N) is 1. The van der Waals surface area contributed by atoms with E-state index >= 15 is 0 Å². The van der Waals surface area contributed by atoms with Crippen molar-refractivity contribution in [2.45, 2.75) is 63.8 Å². The summed E-state index contributed by atoms with van der Waals surface area (Å²) in [5.41, 5.74) is 3.84. The average molecular weight is 524 g/mol. The van der Waals surface area contributed by atoms with Crippen LogP contribution in [-0.4, -0.2) is 40.1 Å². The molecule has 0 fully saturated rings. The summed E-state index contributed by atoms with van der Waals surface area (Å²) in [5.74, 6) is 4.40. The molecular weight excluding hydrogens is 478 g/mol. The van der Waals surface area contributed by atoms with Crippen LogP contribution in [0.25, 0.3) is 0 Å². The summed E-state index contributed by atoms with van der Waals surface area (Å²) in [6, 6.07) is 15.0. The maximum atomic E-state index is 13.4. The van der Waals surface area contributed by atoms with E-state index in [0.717, 1.165) is 43.6 Å². The molecule has 0 aliphatic carbocycles. The third-order valence-electron chi connectivity index (χ3n) is 5.87. The zero-order valence-electron chi connectivity index (χ0n) is 23.1. The second-order valence-electron chi connectivity index (χ2n) is 8.89. The van der Waals surface area contributed by atoms with Gasteiger partial charge < -0.3 is 10.6 Å². The number of allylic oxidation sites excluding steroid dienone is 1. The highest BCUT2D eigenvalue weighted by Gasteiger charge is 2.12. The number of hydrogen-bond acceptors (Lipinski definition) is 3. The Bertz CT molecular complexity index is 1100. The van der Waals surface area contributed by atoms with Gasteiger partial charge in [0.25, 0.3) is 0 Å². The van der Waals surface area contributed by atoms with E-state index in [-0.39, 0.29) is 12.1 Å². The molecule has 0 spiro atoms. The molecule has 2 aromatic rings. The second-order valence-corrected chi connectivity index (χ2v) is 11.3. The molecule has 37 heavy (non-hydrogen) atoms. The first-order valence-corrected chi connectivity index (χ1v) is 14.7. The van der Waals surface area contributed by atoms with E-state index in [1.165, 1.54) is 5.56 Å². The molecule has 0 radical (unpaired) electrons. The van der Waals surface area contributed by atoms with E-state index in [1.807, 2.05) is 19.9 Å². The number of nitrogens with one attached hydrogen (secondary N) is 2. The van der Waals surface area contributed by atoms with Crippen molar-refractivity contribution in [3.8, 4) is 0 Å². The predicted octanol–water partition coefficient (Wildman–Crippen LogP) is 7.03. The van der Waals surface area contributed by atoms with Crippen LogP contribution in [0, 0.1) is 0 Å². The van der Waals surface area contributed by atoms with Gasteiger partial charge in [-0.1, -0.05) is 56.8 Å². The number of benzene rings is 2. The van der Waals surface area contributed by atoms with Crippen LogP contribution in [-0.2, 0) is 21.8 Å². The van der Waals surface area contributed by atoms with E-state index in [1.54, 1.807) is 30.3 Å². The van der Waals surface area contributed by atoms with Crippen LogP contribution in [0.1, 0.15) is 51.7 Å². The standard InChI is InChI=1S/C29H41N3O2S.C2H4/c1-7-19-32(20-8-2)21-24-11-13-25(14-12-24)22-35(6,34)28-17-15-27(16-18-28)31-29(33)30-23(5)26(9-3)10-4;1-2/h9-18,23H,3,6-8,19-22H2,1-2,4-5H3,(H2,30,31,33);1-2H2/b26-10+;. The molecule has 2 aromatic carbocycles. The molecule has 202 valence electrons. The van der Waals surface area contributed by atoms with Crippen LogP contribution in [0.4, 0.5) is 10.5 Å². The van der Waals surface area contributed by atoms with E-state index in [0.29, 0.717) is 16.3 Å². The zero-order valence-corrected chi connectivity index (χ0v) is 23.9. The summed E-state index contributed by atoms with van der Waals surface area (Å²) in [4.78, 5) is 15.4. The van der Waals surface area contributed by atoms with Gasteiger partial charge >= 0.3 is 6.03 Å². The number of rotatable bonds is 13. The van der Waals surface area contributed by atoms with E-state index in [4.69, 9.17) is 0 Å². The summed E-state index contributed by atoms with van der Waals surface area (Å²) in [6.45, 7) is 21.1. The van der Waals surface area contributed by atoms with Crippen molar-refractivity contribution in [2.24, 2.45) is 0 Å². The fourth-order valence-corrected chi connectivity index (χ4v) is 5.56. The maximum absolute atomic E-state index is 13.4. The lowest BCUT2D eigenvalue weighted by atomic mass is 10.1. The third-order valence-corrected chi connectivity index (χ3v) is 7.80. The lowest BCUT2D eigenvalue weighted by Gasteiger charge is -2.21. The Kier molecular flexibility index (Phi) is 14.3. The number of urea groups is 1. The molecular formula is C31H45N3O2S. The molecule has 6 heteroatoms. The van der Waals surface area contributed by atoms with Gasteiger partial charge in [0.1, 0.15) is 0 Å². The SMILES string of the molecule is C=C.C=C/C(=C\C)C(C)NC(=O)Nc1ccc(S(=C)(=O)Cc2ccc(CN(CCC)CCC)cc2)cc1. The predicted molar refractivity (Wildman–Crippen MR) is 163 cm³/mol. The molecule has 0 aliphatic heterocycles. The molecule has 0 aliphatic rings. The molecule has 0 aromatic heterocycles. The van der Waals surface area contributed by atoms with Gasteiger partial charge in [-0.3, -0.25) is 9.11 Å². The van der Waals surface area contributed by atoms with Crippen LogP contribution >= 0.6 is 0 Å². The fourth-order valence-electron chi connectivity index (χ4n) is 4.03. The summed E-state index contributed by atoms with van der Waals surface area (Å²) in [5, 5.41) is 5.69. The normalized spacial score (nSPS) is 13.6. The van der Waals surface area contributed by atoms with Gasteiger partial charge in [-0.15, -0.1) is 13.2 Å². The Morgan fingerprint density at radius 3 is 2.03 bits per heavy atom. The quantitative estimate of drug-likeness (QED) is 0.168. The van der Waals surface area contributed by atoms with Crippen molar-refractivity contribution in [3.63, 3.8) is 0 Å². The number of carbonyl (C=O) groups excluding carboxylic acids is 1. The van der Waals surface area contributed by atoms with Crippen molar-refractivity contribution >= 4 is 27.1 Å². The Morgan fingerprint density at radius 1 is 1.00 bits per heavy atom. The van der Waals surface area contributed by atoms with Gasteiger partial charge in [-0.05, 0) is 86.6 Å². The summed E-state index contributed by atoms with van der Waals surface area (Å²) < 4.78 is 13.4. The van der Waals surface area contributed by atoms with Gasteiger partial charge in [0.15, 0.2) is 0 Å². The lowest BCUT2D eigenvalue weighted by molar-refractivity contribution is 0.250. The van der Waals surface area contributed by atoms with Crippen molar-refractivity contribution < 1.29 is 9.00 Å². The van der Waals surface area contributed by atoms with Gasteiger partial charge in [-0.25, -0.2) is 4.79 Å². The lowest BCUT2D eigenvalue weighted by Crippen LogP contribution is -2.36. The summed E-state index contributed by atoms with van der Waals surface area (Å²) in [7, 11) is -2.51. The Morgan fingerprint density at radius 2 is 1.54 bits per heavy atom. The first kappa shape index (κ1) is 31.9. The number of anilines is 1. The zero-order chi connectivity index (χ0) is 27.8. The van der Waals surface area contributed by atoms with Gasteiger partial charge in [0, 0.05) is 32.4 Å². The van der Waals surface area contributed by atoms with Gasteiger partial charge in [0.2, 0.25) is 0 Å². The Labute approximate surface area is 225 Å². The monoisotopic (exact) mass is 523 g/mol. The van der Waals surface area contributed by atoms with Crippen LogP contribution in [0.15, 0.2) is 90.9 Å². The molecule has 2 unspecified atom stereocenters. The largest absolute Gasteiger partial charge is 0.331 e. The van der Waals surface area contributed by atoms with Crippen molar-refractivity contribution in [2.75, 3.05) is 18.4 Å². The van der Waals surface area contributed by atoms with Crippen molar-refractivity contribution in [1.29, 1.82) is 0 Å². The molecule has 0 heterocycles. The summed E-state index contributed by atoms with van der Waals surface area (Å²) >= 11 is 0. The van der Waals surface area contributed by atoms with Crippen LogP contribution < -0.4 is 10.6 Å². The highest BCUT2D eigenvalue weighted by molar-refractivity contribution is 7.99. The van der Waals surface area contributed by atoms with Gasteiger partial charge in [0.05, 0.1) is 6.04 Å². The molecule has 0 saturated carbocycles. The second kappa shape index (κ2) is 16.6. The fraction of sp³-hybridized carbons (Fsp3) is 0.355. The van der Waals surface area contributed by atoms with Crippen molar-refractivity contribution in [1.82, 2.24) is 10.2 Å². The smallest absolute Gasteiger partial charge is 0.319 e. The van der Waals surface area contributed by atoms with E-state index in [9.17, 15) is 9.00 Å².